The van der Waals surface area contributed by atoms with E-state index < -0.39 is 0 Å². The number of nitrogens with one attached hydrogen (secondary N) is 3. The van der Waals surface area contributed by atoms with Gasteiger partial charge < -0.3 is 5.32 Å². The van der Waals surface area contributed by atoms with Crippen LogP contribution in [0.5, 0.6) is 0 Å². The first-order valence-corrected chi connectivity index (χ1v) is 10.8. The van der Waals surface area contributed by atoms with E-state index in [0.29, 0.717) is 16.3 Å². The number of thiophene rings is 1. The molecule has 3 aromatic rings. The van der Waals surface area contributed by atoms with Crippen molar-refractivity contribution in [1.29, 1.82) is 0 Å². The lowest BCUT2D eigenvalue weighted by Crippen LogP contribution is -2.43. The smallest absolute Gasteiger partial charge is 0.271 e. The van der Waals surface area contributed by atoms with Crippen LogP contribution in [0.3, 0.4) is 0 Å². The second kappa shape index (κ2) is 9.05. The van der Waals surface area contributed by atoms with Gasteiger partial charge in [0.1, 0.15) is 0 Å². The molecule has 0 bridgehead atoms. The van der Waals surface area contributed by atoms with Gasteiger partial charge in [-0.25, -0.2) is 0 Å². The second-order valence-electron chi connectivity index (χ2n) is 6.10. The Morgan fingerprint density at radius 2 is 1.82 bits per heavy atom. The van der Waals surface area contributed by atoms with E-state index in [9.17, 15) is 4.79 Å². The largest absolute Gasteiger partial charge is 0.330 e. The van der Waals surface area contributed by atoms with E-state index in [4.69, 9.17) is 23.8 Å². The summed E-state index contributed by atoms with van der Waals surface area (Å²) in [5, 5.41) is 5.56. The van der Waals surface area contributed by atoms with Crippen LogP contribution in [0.15, 0.2) is 52.3 Å². The van der Waals surface area contributed by atoms with Gasteiger partial charge in [-0.2, -0.15) is 0 Å². The fourth-order valence-electron chi connectivity index (χ4n) is 2.63. The maximum atomic E-state index is 12.7. The van der Waals surface area contributed by atoms with Crippen molar-refractivity contribution in [1.82, 2.24) is 10.9 Å². The number of thiocarbonyl (C=S) groups is 1. The second-order valence-corrected chi connectivity index (χ2v) is 8.92. The fourth-order valence-corrected chi connectivity index (χ4v) is 4.37. The third-order valence-electron chi connectivity index (χ3n) is 4.03. The summed E-state index contributed by atoms with van der Waals surface area (Å²) in [6.45, 7) is 4.04. The number of aryl methyl sites for hydroxylation is 2. The van der Waals surface area contributed by atoms with E-state index in [1.54, 1.807) is 12.1 Å². The Balaban J connectivity index is 1.68. The number of hydrazine groups is 1. The molecule has 144 valence electrons. The first-order chi connectivity index (χ1) is 13.3. The summed E-state index contributed by atoms with van der Waals surface area (Å²) in [6, 6.07) is 13.5. The molecule has 1 aromatic heterocycles. The van der Waals surface area contributed by atoms with Crippen molar-refractivity contribution >= 4 is 67.8 Å². The number of carbonyl (C=O) groups excluding carboxylic acids is 1. The lowest BCUT2D eigenvalue weighted by Gasteiger charge is -2.13. The SMILES string of the molecule is Cc1ccc(-c2c(C(=O)NNC(=S)Nc3ccc(Br)cc3Cl)csc2C)cc1. The molecule has 0 spiro atoms. The Hall–Kier alpha value is -1.93. The molecular formula is C20H17BrClN3OS2. The number of rotatable bonds is 3. The van der Waals surface area contributed by atoms with Gasteiger partial charge in [-0.1, -0.05) is 57.4 Å². The Labute approximate surface area is 186 Å². The third-order valence-corrected chi connectivity index (χ3v) is 5.95. The number of halogens is 2. The van der Waals surface area contributed by atoms with Crippen LogP contribution in [0.25, 0.3) is 11.1 Å². The molecule has 0 radical (unpaired) electrons. The van der Waals surface area contributed by atoms with Crippen molar-refractivity contribution in [2.24, 2.45) is 0 Å². The Morgan fingerprint density at radius 3 is 2.50 bits per heavy atom. The van der Waals surface area contributed by atoms with Gasteiger partial charge in [-0.05, 0) is 49.8 Å². The van der Waals surface area contributed by atoms with Gasteiger partial charge >= 0.3 is 0 Å². The topological polar surface area (TPSA) is 53.2 Å². The van der Waals surface area contributed by atoms with Crippen LogP contribution >= 0.6 is 51.1 Å². The molecule has 0 unspecified atom stereocenters. The molecule has 0 saturated carbocycles. The van der Waals surface area contributed by atoms with E-state index in [1.165, 1.54) is 16.9 Å². The van der Waals surface area contributed by atoms with E-state index >= 15 is 0 Å². The van der Waals surface area contributed by atoms with Crippen LogP contribution in [-0.2, 0) is 0 Å². The number of anilines is 1. The molecule has 0 fully saturated rings. The molecule has 3 N–H and O–H groups in total. The lowest BCUT2D eigenvalue weighted by molar-refractivity contribution is 0.0945. The average molecular weight is 495 g/mol. The quantitative estimate of drug-likeness (QED) is 0.305. The summed E-state index contributed by atoms with van der Waals surface area (Å²) in [6.07, 6.45) is 0. The van der Waals surface area contributed by atoms with Crippen LogP contribution in [0.4, 0.5) is 5.69 Å². The Bertz CT molecular complexity index is 1030. The fraction of sp³-hybridized carbons (Fsp3) is 0.100. The summed E-state index contributed by atoms with van der Waals surface area (Å²) in [7, 11) is 0. The standard InChI is InChI=1S/C20H17BrClN3OS2/c1-11-3-5-13(6-4-11)18-12(2)28-10-15(18)19(26)24-25-20(27)23-17-8-7-14(21)9-16(17)22/h3-10H,1-2H3,(H,24,26)(H2,23,25,27). The van der Waals surface area contributed by atoms with Crippen molar-refractivity contribution in [3.05, 3.63) is 73.3 Å². The summed E-state index contributed by atoms with van der Waals surface area (Å²) in [4.78, 5) is 13.8. The highest BCUT2D eigenvalue weighted by Gasteiger charge is 2.17. The first kappa shape index (κ1) is 20.8. The molecule has 1 amide bonds. The average Bonchev–Trinajstić information content (AvgIpc) is 3.04. The molecule has 8 heteroatoms. The van der Waals surface area contributed by atoms with Crippen molar-refractivity contribution in [2.75, 3.05) is 5.32 Å². The molecule has 4 nitrogen and oxygen atoms in total. The van der Waals surface area contributed by atoms with Crippen molar-refractivity contribution < 1.29 is 4.79 Å². The van der Waals surface area contributed by atoms with Crippen LogP contribution in [-0.4, -0.2) is 11.0 Å². The predicted molar refractivity (Wildman–Crippen MR) is 125 cm³/mol. The van der Waals surface area contributed by atoms with Gasteiger partial charge in [0.2, 0.25) is 0 Å². The number of amides is 1. The van der Waals surface area contributed by atoms with Crippen LogP contribution in [0.2, 0.25) is 5.02 Å². The lowest BCUT2D eigenvalue weighted by atomic mass is 10.0. The van der Waals surface area contributed by atoms with Crippen molar-refractivity contribution in [3.63, 3.8) is 0 Å². The normalized spacial score (nSPS) is 10.4. The van der Waals surface area contributed by atoms with E-state index in [0.717, 1.165) is 20.5 Å². The monoisotopic (exact) mass is 493 g/mol. The third kappa shape index (κ3) is 4.91. The Kier molecular flexibility index (Phi) is 6.72. The van der Waals surface area contributed by atoms with Gasteiger partial charge in [-0.15, -0.1) is 11.3 Å². The van der Waals surface area contributed by atoms with Crippen LogP contribution < -0.4 is 16.2 Å². The van der Waals surface area contributed by atoms with Crippen LogP contribution in [0.1, 0.15) is 20.8 Å². The van der Waals surface area contributed by atoms with Crippen LogP contribution in [0, 0.1) is 13.8 Å². The molecule has 0 saturated heterocycles. The molecule has 0 aliphatic heterocycles. The molecule has 0 aliphatic carbocycles. The number of hydrogen-bond donors (Lipinski definition) is 3. The highest BCUT2D eigenvalue weighted by Crippen LogP contribution is 2.32. The van der Waals surface area contributed by atoms with Gasteiger partial charge in [0.05, 0.1) is 16.3 Å². The zero-order chi connectivity index (χ0) is 20.3. The van der Waals surface area contributed by atoms with E-state index in [-0.39, 0.29) is 11.0 Å². The molecule has 2 aromatic carbocycles. The maximum absolute atomic E-state index is 12.7. The summed E-state index contributed by atoms with van der Waals surface area (Å²) >= 11 is 16.3. The minimum atomic E-state index is -0.258. The molecule has 0 atom stereocenters. The molecule has 0 aliphatic rings. The van der Waals surface area contributed by atoms with Crippen molar-refractivity contribution in [2.45, 2.75) is 13.8 Å². The van der Waals surface area contributed by atoms with Gasteiger partial charge in [-0.3, -0.25) is 15.6 Å². The minimum Gasteiger partial charge on any atom is -0.330 e. The highest BCUT2D eigenvalue weighted by atomic mass is 79.9. The molecule has 28 heavy (non-hydrogen) atoms. The number of carbonyl (C=O) groups is 1. The zero-order valence-corrected chi connectivity index (χ0v) is 19.1. The van der Waals surface area contributed by atoms with Gasteiger partial charge in [0.15, 0.2) is 5.11 Å². The first-order valence-electron chi connectivity index (χ1n) is 8.32. The number of hydrogen-bond acceptors (Lipinski definition) is 3. The predicted octanol–water partition coefficient (Wildman–Crippen LogP) is 6.08. The summed E-state index contributed by atoms with van der Waals surface area (Å²) in [5.41, 5.74) is 9.73. The highest BCUT2D eigenvalue weighted by molar-refractivity contribution is 9.10. The zero-order valence-electron chi connectivity index (χ0n) is 15.1. The minimum absolute atomic E-state index is 0.237. The van der Waals surface area contributed by atoms with Gasteiger partial charge in [0, 0.05) is 20.3 Å². The molecular weight excluding hydrogens is 478 g/mol. The van der Waals surface area contributed by atoms with Crippen molar-refractivity contribution in [3.8, 4) is 11.1 Å². The molecule has 3 rings (SSSR count). The summed E-state index contributed by atoms with van der Waals surface area (Å²) < 4.78 is 0.867. The van der Waals surface area contributed by atoms with Gasteiger partial charge in [0.25, 0.3) is 5.91 Å². The van der Waals surface area contributed by atoms with E-state index in [1.807, 2.05) is 49.6 Å². The summed E-state index contributed by atoms with van der Waals surface area (Å²) in [5.74, 6) is -0.258. The molecule has 1 heterocycles. The van der Waals surface area contributed by atoms with E-state index in [2.05, 4.69) is 32.1 Å². The number of benzene rings is 2. The Morgan fingerprint density at radius 1 is 1.11 bits per heavy atom. The maximum Gasteiger partial charge on any atom is 0.271 e.